The Kier molecular flexibility index (Phi) is 6.47. The molecule has 0 bridgehead atoms. The molecule has 0 spiro atoms. The first-order chi connectivity index (χ1) is 27.8. The minimum Gasteiger partial charge on any atom is -0.371 e. The Morgan fingerprint density at radius 2 is 1.41 bits per heavy atom. The van der Waals surface area contributed by atoms with Crippen molar-refractivity contribution in [2.45, 2.75) is 34.6 Å². The Labute approximate surface area is 328 Å². The van der Waals surface area contributed by atoms with E-state index in [-0.39, 0.29) is 29.7 Å². The number of allylic oxidation sites excluding steroid dienone is 2. The number of nitrogens with one attached hydrogen (secondary N) is 3. The van der Waals surface area contributed by atoms with Crippen molar-refractivity contribution in [2.75, 3.05) is 0 Å². The number of aliphatic imine (C=N–C) groups is 1. The highest BCUT2D eigenvalue weighted by Crippen LogP contribution is 2.54. The highest BCUT2D eigenvalue weighted by atomic mass is 32.2. The predicted molar refractivity (Wildman–Crippen MR) is 233 cm³/mol. The lowest BCUT2D eigenvalue weighted by Crippen LogP contribution is -2.53. The summed E-state index contributed by atoms with van der Waals surface area (Å²) < 4.78 is 2.60. The van der Waals surface area contributed by atoms with Crippen molar-refractivity contribution in [1.29, 1.82) is 0 Å². The van der Waals surface area contributed by atoms with Gasteiger partial charge in [0, 0.05) is 54.2 Å². The summed E-state index contributed by atoms with van der Waals surface area (Å²) in [6.07, 6.45) is 8.32. The van der Waals surface area contributed by atoms with Crippen LogP contribution >= 0.6 is 11.8 Å². The second kappa shape index (κ2) is 11.7. The van der Waals surface area contributed by atoms with E-state index in [0.29, 0.717) is 0 Å². The van der Waals surface area contributed by atoms with Crippen molar-refractivity contribution in [3.8, 4) is 11.1 Å². The Morgan fingerprint density at radius 1 is 0.607 bits per heavy atom. The van der Waals surface area contributed by atoms with Gasteiger partial charge in [0.25, 0.3) is 0 Å². The predicted octanol–water partition coefficient (Wildman–Crippen LogP) is 11.1. The van der Waals surface area contributed by atoms with Crippen molar-refractivity contribution in [3.05, 3.63) is 186 Å². The van der Waals surface area contributed by atoms with Gasteiger partial charge in [0.2, 0.25) is 0 Å². The van der Waals surface area contributed by atoms with E-state index in [1.807, 2.05) is 11.8 Å². The molecule has 6 heteroatoms. The first kappa shape index (κ1) is 31.1. The number of benzene rings is 7. The van der Waals surface area contributed by atoms with Crippen LogP contribution in [0.3, 0.4) is 0 Å². The molecule has 1 saturated heterocycles. The van der Waals surface area contributed by atoms with E-state index in [4.69, 9.17) is 4.99 Å². The first-order valence-corrected chi connectivity index (χ1v) is 20.4. The lowest BCUT2D eigenvalue weighted by molar-refractivity contribution is 0.207. The largest absolute Gasteiger partial charge is 0.371 e. The maximum Gasteiger partial charge on any atom is 0.140 e. The summed E-state index contributed by atoms with van der Waals surface area (Å²) in [7, 11) is 0. The van der Waals surface area contributed by atoms with Crippen LogP contribution in [0.5, 0.6) is 0 Å². The highest BCUT2D eigenvalue weighted by molar-refractivity contribution is 8.00. The zero-order valence-electron chi connectivity index (χ0n) is 30.3. The standard InChI is InChI=1S/C50H35N5S/c1-2-12-28(13-3-1)30-15-10-16-31(26-30)43-49-46(34-18-6-9-23-41(34)56-49)54-50(53-43)55-47-32-17-5-4-14-29(32)24-25-33(47)37-27-38-42-35(19-11-20-36(42)48(37)55)44-45(38)52-40-22-8-7-21-39(40)51-44/h1-27,39,43,46,49-51,53-54H. The van der Waals surface area contributed by atoms with Crippen molar-refractivity contribution in [3.63, 3.8) is 0 Å². The van der Waals surface area contributed by atoms with Crippen LogP contribution < -0.4 is 16.0 Å². The highest BCUT2D eigenvalue weighted by Gasteiger charge is 2.45. The maximum absolute atomic E-state index is 5.33. The number of nitrogens with zero attached hydrogens (tertiary/aromatic N) is 2. The summed E-state index contributed by atoms with van der Waals surface area (Å²) in [5, 5.41) is 20.1. The molecule has 1 fully saturated rings. The van der Waals surface area contributed by atoms with Crippen LogP contribution in [0.2, 0.25) is 0 Å². The van der Waals surface area contributed by atoms with E-state index in [1.165, 1.54) is 81.6 Å². The molecule has 3 aliphatic heterocycles. The number of aromatic nitrogens is 1. The molecule has 5 nitrogen and oxygen atoms in total. The lowest BCUT2D eigenvalue weighted by atomic mass is 9.91. The van der Waals surface area contributed by atoms with E-state index in [1.54, 1.807) is 0 Å². The SMILES string of the molecule is C1=CC2=NC3=C(NC2C=C1)c1cccc2c1c3cc1c3ccc4ccccc4c3n(C3NC(c4cccc(-c5ccccc5)c4)C4Sc5ccccc5C4N3)c21. The molecule has 8 aromatic rings. The van der Waals surface area contributed by atoms with Crippen molar-refractivity contribution in [1.82, 2.24) is 20.5 Å². The van der Waals surface area contributed by atoms with Gasteiger partial charge in [-0.05, 0) is 51.9 Å². The molecule has 7 aromatic carbocycles. The fraction of sp³-hybridized carbons (Fsp3) is 0.100. The molecule has 13 rings (SSSR count). The summed E-state index contributed by atoms with van der Waals surface area (Å²) in [4.78, 5) is 6.69. The lowest BCUT2D eigenvalue weighted by Gasteiger charge is -2.42. The Bertz CT molecular complexity index is 3130. The molecule has 1 aromatic heterocycles. The van der Waals surface area contributed by atoms with Crippen molar-refractivity contribution >= 4 is 72.2 Å². The summed E-state index contributed by atoms with van der Waals surface area (Å²) >= 11 is 2.00. The number of fused-ring (bicyclic) bond motifs is 12. The van der Waals surface area contributed by atoms with Crippen LogP contribution in [0.15, 0.2) is 174 Å². The van der Waals surface area contributed by atoms with Gasteiger partial charge in [-0.3, -0.25) is 10.6 Å². The molecule has 5 unspecified atom stereocenters. The first-order valence-electron chi connectivity index (χ1n) is 19.6. The number of rotatable bonds is 3. The maximum atomic E-state index is 5.33. The monoisotopic (exact) mass is 737 g/mol. The van der Waals surface area contributed by atoms with Gasteiger partial charge in [-0.2, -0.15) is 0 Å². The molecule has 5 atom stereocenters. The van der Waals surface area contributed by atoms with Crippen molar-refractivity contribution in [2.24, 2.45) is 4.99 Å². The van der Waals surface area contributed by atoms with Gasteiger partial charge < -0.3 is 9.88 Å². The van der Waals surface area contributed by atoms with Gasteiger partial charge in [-0.1, -0.05) is 140 Å². The second-order valence-corrected chi connectivity index (χ2v) is 16.8. The van der Waals surface area contributed by atoms with E-state index in [2.05, 4.69) is 184 Å². The molecule has 0 amide bonds. The van der Waals surface area contributed by atoms with Gasteiger partial charge in [0.1, 0.15) is 6.29 Å². The molecule has 0 radical (unpaired) electrons. The average molecular weight is 738 g/mol. The molecule has 3 N–H and O–H groups in total. The minimum absolute atomic E-state index is 0.0741. The second-order valence-electron chi connectivity index (χ2n) is 15.5. The molecule has 56 heavy (non-hydrogen) atoms. The van der Waals surface area contributed by atoms with Crippen LogP contribution in [0.25, 0.3) is 65.9 Å². The quantitative estimate of drug-likeness (QED) is 0.169. The zero-order valence-corrected chi connectivity index (χ0v) is 31.1. The van der Waals surface area contributed by atoms with E-state index in [0.717, 1.165) is 17.1 Å². The average Bonchev–Trinajstić information content (AvgIpc) is 3.91. The Morgan fingerprint density at radius 3 is 2.38 bits per heavy atom. The summed E-state index contributed by atoms with van der Waals surface area (Å²) in [6, 6.07) is 52.0. The number of hydrogen-bond acceptors (Lipinski definition) is 5. The fourth-order valence-corrected chi connectivity index (χ4v) is 11.7. The summed E-state index contributed by atoms with van der Waals surface area (Å²) in [5.74, 6) is 0. The molecular weight excluding hydrogens is 703 g/mol. The van der Waals surface area contributed by atoms with Gasteiger partial charge >= 0.3 is 0 Å². The van der Waals surface area contributed by atoms with Crippen LogP contribution in [0.4, 0.5) is 0 Å². The van der Waals surface area contributed by atoms with Crippen LogP contribution in [0, 0.1) is 0 Å². The third-order valence-electron chi connectivity index (χ3n) is 12.6. The summed E-state index contributed by atoms with van der Waals surface area (Å²) in [6.45, 7) is 0. The van der Waals surface area contributed by atoms with E-state index in [9.17, 15) is 0 Å². The Balaban J connectivity index is 1.07. The van der Waals surface area contributed by atoms with E-state index >= 15 is 0 Å². The van der Waals surface area contributed by atoms with Gasteiger partial charge in [0.15, 0.2) is 0 Å². The van der Waals surface area contributed by atoms with Gasteiger partial charge in [-0.15, -0.1) is 11.8 Å². The van der Waals surface area contributed by atoms with Gasteiger partial charge in [0.05, 0.1) is 40.2 Å². The molecule has 0 saturated carbocycles. The van der Waals surface area contributed by atoms with Crippen LogP contribution in [0.1, 0.15) is 40.6 Å². The topological polar surface area (TPSA) is 53.4 Å². The smallest absolute Gasteiger partial charge is 0.140 e. The molecule has 2 aliphatic carbocycles. The Hall–Kier alpha value is -6.18. The fourth-order valence-electron chi connectivity index (χ4n) is 10.1. The normalized spacial score (nSPS) is 23.0. The molecule has 5 aliphatic rings. The molecule has 266 valence electrons. The molecule has 4 heterocycles. The minimum atomic E-state index is -0.211. The zero-order chi connectivity index (χ0) is 36.5. The van der Waals surface area contributed by atoms with E-state index < -0.39 is 0 Å². The number of thioether (sulfide) groups is 1. The third kappa shape index (κ3) is 4.32. The van der Waals surface area contributed by atoms with Gasteiger partial charge in [-0.25, -0.2) is 4.99 Å². The summed E-state index contributed by atoms with van der Waals surface area (Å²) in [5.41, 5.74) is 13.3. The third-order valence-corrected chi connectivity index (χ3v) is 14.0. The number of hydrogen-bond donors (Lipinski definition) is 3. The van der Waals surface area contributed by atoms with Crippen molar-refractivity contribution < 1.29 is 0 Å². The van der Waals surface area contributed by atoms with Crippen LogP contribution in [-0.2, 0) is 0 Å². The molecular formula is C50H35N5S. The van der Waals surface area contributed by atoms with Crippen LogP contribution in [-0.4, -0.2) is 21.6 Å².